The Labute approximate surface area is 180 Å². The van der Waals surface area contributed by atoms with Crippen molar-refractivity contribution in [2.45, 2.75) is 44.6 Å². The number of nitrogens with one attached hydrogen (secondary N) is 1. The standard InChI is InChI=1S/C24H26FN3O3/c1-24(23(31)26-2,16-5-7-17(25)8-6-16)14-15-9-11-28-20(12-15)19(13-21(29)30)18-4-3-10-27-22(18)28/h3-8,10,15H,9,11-14H2,1-2H3,(H,26,31)(H,29,30). The van der Waals surface area contributed by atoms with Crippen LogP contribution in [0.25, 0.3) is 11.0 Å². The number of nitrogens with zero attached hydrogens (tertiary/aromatic N) is 2. The first kappa shape index (κ1) is 21.0. The lowest BCUT2D eigenvalue weighted by molar-refractivity contribution is -0.136. The molecule has 3 heterocycles. The zero-order chi connectivity index (χ0) is 22.2. The summed E-state index contributed by atoms with van der Waals surface area (Å²) in [6, 6.07) is 9.86. The highest BCUT2D eigenvalue weighted by molar-refractivity contribution is 5.88. The van der Waals surface area contributed by atoms with E-state index in [4.69, 9.17) is 0 Å². The Kier molecular flexibility index (Phi) is 5.52. The smallest absolute Gasteiger partial charge is 0.307 e. The normalized spacial score (nSPS) is 17.7. The van der Waals surface area contributed by atoms with Crippen molar-refractivity contribution >= 4 is 22.9 Å². The minimum Gasteiger partial charge on any atom is -0.481 e. The second-order valence-corrected chi connectivity index (χ2v) is 8.50. The van der Waals surface area contributed by atoms with Gasteiger partial charge in [0.1, 0.15) is 11.5 Å². The van der Waals surface area contributed by atoms with Crippen LogP contribution in [-0.4, -0.2) is 33.6 Å². The average molecular weight is 423 g/mol. The summed E-state index contributed by atoms with van der Waals surface area (Å²) in [7, 11) is 1.61. The van der Waals surface area contributed by atoms with Gasteiger partial charge in [-0.25, -0.2) is 9.37 Å². The van der Waals surface area contributed by atoms with Gasteiger partial charge in [-0.15, -0.1) is 0 Å². The molecule has 0 fully saturated rings. The molecule has 2 N–H and O–H groups in total. The third-order valence-corrected chi connectivity index (χ3v) is 6.52. The largest absolute Gasteiger partial charge is 0.481 e. The maximum absolute atomic E-state index is 13.5. The molecule has 2 aromatic heterocycles. The van der Waals surface area contributed by atoms with Crippen LogP contribution in [0.1, 0.15) is 36.6 Å². The van der Waals surface area contributed by atoms with Crippen molar-refractivity contribution in [3.8, 4) is 0 Å². The number of benzene rings is 1. The number of amides is 1. The van der Waals surface area contributed by atoms with Crippen LogP contribution in [-0.2, 0) is 34.4 Å². The number of rotatable bonds is 6. The fraction of sp³-hybridized carbons (Fsp3) is 0.375. The van der Waals surface area contributed by atoms with E-state index in [0.717, 1.165) is 40.8 Å². The number of carboxylic acids is 1. The van der Waals surface area contributed by atoms with Gasteiger partial charge in [-0.1, -0.05) is 12.1 Å². The number of hydrogen-bond donors (Lipinski definition) is 2. The zero-order valence-corrected chi connectivity index (χ0v) is 17.7. The molecule has 0 saturated carbocycles. The van der Waals surface area contributed by atoms with Crippen LogP contribution in [0.15, 0.2) is 42.6 Å². The number of carbonyl (C=O) groups excluding carboxylic acids is 1. The van der Waals surface area contributed by atoms with Gasteiger partial charge in [0.05, 0.1) is 11.8 Å². The number of aromatic nitrogens is 2. The van der Waals surface area contributed by atoms with Gasteiger partial charge in [0.2, 0.25) is 5.91 Å². The van der Waals surface area contributed by atoms with Gasteiger partial charge < -0.3 is 15.0 Å². The summed E-state index contributed by atoms with van der Waals surface area (Å²) in [6.45, 7) is 2.61. The van der Waals surface area contributed by atoms with Crippen molar-refractivity contribution in [1.29, 1.82) is 0 Å². The Morgan fingerprint density at radius 2 is 2.03 bits per heavy atom. The molecule has 0 spiro atoms. The zero-order valence-electron chi connectivity index (χ0n) is 17.7. The Hall–Kier alpha value is -3.22. The SMILES string of the molecule is CNC(=O)C(C)(CC1CCn2c(c(CC(=O)O)c3cccnc32)C1)c1ccc(F)cc1. The first-order valence-electron chi connectivity index (χ1n) is 10.5. The molecule has 1 aliphatic rings. The monoisotopic (exact) mass is 423 g/mol. The Morgan fingerprint density at radius 1 is 1.29 bits per heavy atom. The summed E-state index contributed by atoms with van der Waals surface area (Å²) in [4.78, 5) is 28.9. The molecule has 0 saturated heterocycles. The number of aliphatic carboxylic acids is 1. The van der Waals surface area contributed by atoms with Gasteiger partial charge in [-0.2, -0.15) is 0 Å². The molecule has 1 amide bonds. The van der Waals surface area contributed by atoms with Crippen molar-refractivity contribution in [3.63, 3.8) is 0 Å². The summed E-state index contributed by atoms with van der Waals surface area (Å²) in [5.41, 5.74) is 2.58. The summed E-state index contributed by atoms with van der Waals surface area (Å²) < 4.78 is 15.6. The fourth-order valence-electron chi connectivity index (χ4n) is 4.99. The van der Waals surface area contributed by atoms with E-state index in [0.29, 0.717) is 12.8 Å². The van der Waals surface area contributed by atoms with E-state index in [9.17, 15) is 19.1 Å². The van der Waals surface area contributed by atoms with E-state index < -0.39 is 11.4 Å². The molecule has 6 nitrogen and oxygen atoms in total. The van der Waals surface area contributed by atoms with Crippen molar-refractivity contribution in [2.75, 3.05) is 7.05 Å². The number of fused-ring (bicyclic) bond motifs is 3. The summed E-state index contributed by atoms with van der Waals surface area (Å²) in [5, 5.41) is 13.1. The van der Waals surface area contributed by atoms with E-state index in [1.54, 1.807) is 25.4 Å². The average Bonchev–Trinajstić information content (AvgIpc) is 3.06. The molecule has 2 atom stereocenters. The minimum atomic E-state index is -0.872. The lowest BCUT2D eigenvalue weighted by Gasteiger charge is -2.35. The number of carbonyl (C=O) groups is 2. The highest BCUT2D eigenvalue weighted by Gasteiger charge is 2.38. The van der Waals surface area contributed by atoms with E-state index in [-0.39, 0.29) is 24.1 Å². The van der Waals surface area contributed by atoms with E-state index >= 15 is 0 Å². The number of hydrogen-bond acceptors (Lipinski definition) is 3. The second kappa shape index (κ2) is 8.13. The Morgan fingerprint density at radius 3 is 2.71 bits per heavy atom. The predicted octanol–water partition coefficient (Wildman–Crippen LogP) is 3.46. The summed E-state index contributed by atoms with van der Waals surface area (Å²) >= 11 is 0. The molecule has 3 aromatic rings. The maximum atomic E-state index is 13.5. The summed E-state index contributed by atoms with van der Waals surface area (Å²) in [5.74, 6) is -1.15. The topological polar surface area (TPSA) is 84.2 Å². The minimum absolute atomic E-state index is 0.0536. The number of carboxylic acid groups (broad SMARTS) is 1. The van der Waals surface area contributed by atoms with Crippen molar-refractivity contribution < 1.29 is 19.1 Å². The van der Waals surface area contributed by atoms with Gasteiger partial charge in [0.25, 0.3) is 0 Å². The molecule has 0 bridgehead atoms. The first-order valence-corrected chi connectivity index (χ1v) is 10.5. The molecule has 162 valence electrons. The van der Waals surface area contributed by atoms with Gasteiger partial charge >= 0.3 is 5.97 Å². The van der Waals surface area contributed by atoms with Crippen LogP contribution in [0.2, 0.25) is 0 Å². The van der Waals surface area contributed by atoms with Crippen LogP contribution in [0.4, 0.5) is 4.39 Å². The van der Waals surface area contributed by atoms with Crippen molar-refractivity contribution in [2.24, 2.45) is 5.92 Å². The second-order valence-electron chi connectivity index (χ2n) is 8.50. The van der Waals surface area contributed by atoms with Gasteiger partial charge in [0.15, 0.2) is 0 Å². The predicted molar refractivity (Wildman–Crippen MR) is 115 cm³/mol. The first-order chi connectivity index (χ1) is 14.8. The molecule has 2 unspecified atom stereocenters. The third kappa shape index (κ3) is 3.80. The van der Waals surface area contributed by atoms with E-state index in [1.807, 2.05) is 19.1 Å². The molecule has 4 rings (SSSR count). The van der Waals surface area contributed by atoms with E-state index in [1.165, 1.54) is 12.1 Å². The highest BCUT2D eigenvalue weighted by Crippen LogP contribution is 2.39. The number of pyridine rings is 1. The van der Waals surface area contributed by atoms with Crippen LogP contribution in [0.5, 0.6) is 0 Å². The molecular formula is C24H26FN3O3. The lowest BCUT2D eigenvalue weighted by atomic mass is 9.72. The number of aryl methyl sites for hydroxylation is 1. The molecule has 1 aliphatic heterocycles. The van der Waals surface area contributed by atoms with Crippen LogP contribution in [0.3, 0.4) is 0 Å². The number of halogens is 1. The lowest BCUT2D eigenvalue weighted by Crippen LogP contribution is -2.43. The Bertz CT molecular complexity index is 1140. The van der Waals surface area contributed by atoms with Crippen molar-refractivity contribution in [1.82, 2.24) is 14.9 Å². The quantitative estimate of drug-likeness (QED) is 0.636. The third-order valence-electron chi connectivity index (χ3n) is 6.52. The molecule has 0 radical (unpaired) electrons. The highest BCUT2D eigenvalue weighted by atomic mass is 19.1. The summed E-state index contributed by atoms with van der Waals surface area (Å²) in [6.07, 6.45) is 3.78. The molecule has 0 aliphatic carbocycles. The van der Waals surface area contributed by atoms with Crippen LogP contribution < -0.4 is 5.32 Å². The van der Waals surface area contributed by atoms with E-state index in [2.05, 4.69) is 14.9 Å². The van der Waals surface area contributed by atoms with Crippen LogP contribution >= 0.6 is 0 Å². The molecule has 7 heteroatoms. The Balaban J connectivity index is 1.69. The van der Waals surface area contributed by atoms with Gasteiger partial charge in [-0.05, 0) is 67.5 Å². The van der Waals surface area contributed by atoms with Crippen LogP contribution in [0, 0.1) is 11.7 Å². The molecular weight excluding hydrogens is 397 g/mol. The van der Waals surface area contributed by atoms with Gasteiger partial charge in [-0.3, -0.25) is 9.59 Å². The molecule has 31 heavy (non-hydrogen) atoms. The maximum Gasteiger partial charge on any atom is 0.307 e. The van der Waals surface area contributed by atoms with Gasteiger partial charge in [0, 0.05) is 30.9 Å². The molecule has 1 aromatic carbocycles. The fourth-order valence-corrected chi connectivity index (χ4v) is 4.99. The number of likely N-dealkylation sites (N-methyl/N-ethyl adjacent to an activating group) is 1. The van der Waals surface area contributed by atoms with Crippen molar-refractivity contribution in [3.05, 3.63) is 65.2 Å².